The molecule has 0 fully saturated rings. The van der Waals surface area contributed by atoms with E-state index in [9.17, 15) is 4.79 Å². The zero-order valence-electron chi connectivity index (χ0n) is 13.2. The van der Waals surface area contributed by atoms with Crippen molar-refractivity contribution in [3.05, 3.63) is 35.5 Å². The quantitative estimate of drug-likeness (QED) is 0.259. The third-order valence-electron chi connectivity index (χ3n) is 2.73. The molecule has 0 aliphatic heterocycles. The average molecular weight is 366 g/mol. The standard InChI is InChI=1S/C15H16ClN5O2S/c1-3-23-11(22)9-17-14-12(13(16)18-15(19-14)24-2)21-20-10-7-5-4-6-8-10/h4-8H,3,9H2,1-2H3,(H,17,18,19). The third kappa shape index (κ3) is 5.17. The van der Waals surface area contributed by atoms with E-state index in [-0.39, 0.29) is 17.4 Å². The molecule has 0 amide bonds. The van der Waals surface area contributed by atoms with Gasteiger partial charge >= 0.3 is 5.97 Å². The molecule has 1 aromatic carbocycles. The van der Waals surface area contributed by atoms with Crippen LogP contribution in [0.1, 0.15) is 6.92 Å². The third-order valence-corrected chi connectivity index (χ3v) is 3.54. The van der Waals surface area contributed by atoms with Crippen LogP contribution in [0.2, 0.25) is 5.15 Å². The van der Waals surface area contributed by atoms with Gasteiger partial charge in [0.2, 0.25) is 0 Å². The highest BCUT2D eigenvalue weighted by Gasteiger charge is 2.14. The Balaban J connectivity index is 2.27. The first kappa shape index (κ1) is 18.2. The van der Waals surface area contributed by atoms with Crippen molar-refractivity contribution in [3.8, 4) is 0 Å². The molecule has 0 spiro atoms. The van der Waals surface area contributed by atoms with Gasteiger partial charge in [0.1, 0.15) is 6.54 Å². The van der Waals surface area contributed by atoms with Crippen molar-refractivity contribution in [2.75, 3.05) is 24.7 Å². The fraction of sp³-hybridized carbons (Fsp3) is 0.267. The maximum atomic E-state index is 11.5. The molecule has 9 heteroatoms. The first-order valence-electron chi connectivity index (χ1n) is 7.11. The minimum atomic E-state index is -0.399. The topological polar surface area (TPSA) is 88.8 Å². The Labute approximate surface area is 148 Å². The predicted octanol–water partition coefficient (Wildman–Crippen LogP) is 4.24. The number of carbonyl (C=O) groups excluding carboxylic acids is 1. The number of benzene rings is 1. The Kier molecular flexibility index (Phi) is 6.95. The Bertz CT molecular complexity index is 727. The first-order chi connectivity index (χ1) is 11.6. The number of anilines is 1. The van der Waals surface area contributed by atoms with Crippen molar-refractivity contribution in [1.29, 1.82) is 0 Å². The van der Waals surface area contributed by atoms with Crippen LogP contribution in [0.3, 0.4) is 0 Å². The lowest BCUT2D eigenvalue weighted by atomic mass is 10.3. The normalized spacial score (nSPS) is 10.8. The van der Waals surface area contributed by atoms with Gasteiger partial charge in [-0.1, -0.05) is 41.6 Å². The smallest absolute Gasteiger partial charge is 0.325 e. The number of hydrogen-bond acceptors (Lipinski definition) is 8. The summed E-state index contributed by atoms with van der Waals surface area (Å²) < 4.78 is 4.88. The van der Waals surface area contributed by atoms with E-state index in [0.717, 1.165) is 0 Å². The lowest BCUT2D eigenvalue weighted by Crippen LogP contribution is -2.17. The Hall–Kier alpha value is -2.19. The lowest BCUT2D eigenvalue weighted by Gasteiger charge is -2.09. The van der Waals surface area contributed by atoms with Crippen LogP contribution in [-0.4, -0.2) is 35.3 Å². The summed E-state index contributed by atoms with van der Waals surface area (Å²) in [6.07, 6.45) is 1.83. The molecule has 1 N–H and O–H groups in total. The number of aromatic nitrogens is 2. The lowest BCUT2D eigenvalue weighted by molar-refractivity contribution is -0.140. The zero-order chi connectivity index (χ0) is 17.4. The number of ether oxygens (including phenoxy) is 1. The van der Waals surface area contributed by atoms with Gasteiger partial charge in [-0.2, -0.15) is 5.11 Å². The number of carbonyl (C=O) groups is 1. The second kappa shape index (κ2) is 9.19. The molecule has 1 heterocycles. The number of rotatable bonds is 7. The first-order valence-corrected chi connectivity index (χ1v) is 8.72. The highest BCUT2D eigenvalue weighted by atomic mass is 35.5. The summed E-state index contributed by atoms with van der Waals surface area (Å²) in [4.78, 5) is 20.0. The minimum absolute atomic E-state index is 0.0527. The molecule has 126 valence electrons. The van der Waals surface area contributed by atoms with Crippen molar-refractivity contribution >= 4 is 46.5 Å². The van der Waals surface area contributed by atoms with E-state index in [1.807, 2.05) is 24.5 Å². The Morgan fingerprint density at radius 1 is 1.29 bits per heavy atom. The summed E-state index contributed by atoms with van der Waals surface area (Å²) >= 11 is 7.51. The van der Waals surface area contributed by atoms with E-state index in [1.54, 1.807) is 19.1 Å². The SMILES string of the molecule is CCOC(=O)CNc1nc(SC)nc(Cl)c1N=Nc1ccccc1. The molecule has 0 aliphatic rings. The van der Waals surface area contributed by atoms with E-state index >= 15 is 0 Å². The molecule has 0 saturated heterocycles. The van der Waals surface area contributed by atoms with Crippen molar-refractivity contribution in [2.24, 2.45) is 10.2 Å². The number of halogens is 1. The monoisotopic (exact) mass is 365 g/mol. The van der Waals surface area contributed by atoms with Crippen molar-refractivity contribution in [2.45, 2.75) is 12.1 Å². The van der Waals surface area contributed by atoms with Crippen LogP contribution in [0.4, 0.5) is 17.2 Å². The van der Waals surface area contributed by atoms with Gasteiger partial charge in [0, 0.05) is 0 Å². The molecule has 0 bridgehead atoms. The van der Waals surface area contributed by atoms with Crippen LogP contribution >= 0.6 is 23.4 Å². The van der Waals surface area contributed by atoms with Gasteiger partial charge in [-0.25, -0.2) is 9.97 Å². The van der Waals surface area contributed by atoms with Crippen LogP contribution in [-0.2, 0) is 9.53 Å². The second-order valence-corrected chi connectivity index (χ2v) is 5.52. The van der Waals surface area contributed by atoms with Gasteiger partial charge in [0.25, 0.3) is 0 Å². The van der Waals surface area contributed by atoms with E-state index in [1.165, 1.54) is 11.8 Å². The van der Waals surface area contributed by atoms with Gasteiger partial charge < -0.3 is 10.1 Å². The number of esters is 1. The van der Waals surface area contributed by atoms with Gasteiger partial charge in [0.05, 0.1) is 12.3 Å². The molecular formula is C15H16ClN5O2S. The minimum Gasteiger partial charge on any atom is -0.465 e. The number of hydrogen-bond donors (Lipinski definition) is 1. The number of azo groups is 1. The van der Waals surface area contributed by atoms with Crippen molar-refractivity contribution in [1.82, 2.24) is 9.97 Å². The van der Waals surface area contributed by atoms with E-state index in [2.05, 4.69) is 25.5 Å². The fourth-order valence-electron chi connectivity index (χ4n) is 1.68. The number of thioether (sulfide) groups is 1. The van der Waals surface area contributed by atoms with Gasteiger partial charge in [0.15, 0.2) is 21.8 Å². The molecule has 0 radical (unpaired) electrons. The van der Waals surface area contributed by atoms with Crippen molar-refractivity contribution < 1.29 is 9.53 Å². The van der Waals surface area contributed by atoms with Gasteiger partial charge in [-0.3, -0.25) is 4.79 Å². The van der Waals surface area contributed by atoms with Crippen LogP contribution in [0.25, 0.3) is 0 Å². The zero-order valence-corrected chi connectivity index (χ0v) is 14.8. The van der Waals surface area contributed by atoms with Crippen LogP contribution in [0.5, 0.6) is 0 Å². The maximum Gasteiger partial charge on any atom is 0.325 e. The molecule has 24 heavy (non-hydrogen) atoms. The highest BCUT2D eigenvalue weighted by molar-refractivity contribution is 7.98. The average Bonchev–Trinajstić information content (AvgIpc) is 2.59. The molecular weight excluding hydrogens is 350 g/mol. The Morgan fingerprint density at radius 2 is 2.04 bits per heavy atom. The van der Waals surface area contributed by atoms with Gasteiger partial charge in [-0.05, 0) is 25.3 Å². The van der Waals surface area contributed by atoms with Crippen LogP contribution in [0, 0.1) is 0 Å². The largest absolute Gasteiger partial charge is 0.465 e. The molecule has 2 rings (SSSR count). The molecule has 7 nitrogen and oxygen atoms in total. The predicted molar refractivity (Wildman–Crippen MR) is 94.6 cm³/mol. The molecule has 0 atom stereocenters. The maximum absolute atomic E-state index is 11.5. The Morgan fingerprint density at radius 3 is 2.71 bits per heavy atom. The van der Waals surface area contributed by atoms with Crippen molar-refractivity contribution in [3.63, 3.8) is 0 Å². The second-order valence-electron chi connectivity index (χ2n) is 4.39. The molecule has 1 aromatic heterocycles. The summed E-state index contributed by atoms with van der Waals surface area (Å²) in [7, 11) is 0. The molecule has 0 aliphatic carbocycles. The fourth-order valence-corrected chi connectivity index (χ4v) is 2.30. The van der Waals surface area contributed by atoms with E-state index < -0.39 is 5.97 Å². The van der Waals surface area contributed by atoms with Crippen LogP contribution < -0.4 is 5.32 Å². The van der Waals surface area contributed by atoms with E-state index in [4.69, 9.17) is 16.3 Å². The molecule has 0 saturated carbocycles. The summed E-state index contributed by atoms with van der Waals surface area (Å²) in [5, 5.41) is 11.7. The summed E-state index contributed by atoms with van der Waals surface area (Å²) in [6.45, 7) is 2.00. The van der Waals surface area contributed by atoms with Gasteiger partial charge in [-0.15, -0.1) is 5.11 Å². The molecule has 0 unspecified atom stereocenters. The van der Waals surface area contributed by atoms with Crippen LogP contribution in [0.15, 0.2) is 45.7 Å². The summed E-state index contributed by atoms with van der Waals surface area (Å²) in [6, 6.07) is 9.20. The number of nitrogens with zero attached hydrogens (tertiary/aromatic N) is 4. The summed E-state index contributed by atoms with van der Waals surface area (Å²) in [5.41, 5.74) is 0.932. The highest BCUT2D eigenvalue weighted by Crippen LogP contribution is 2.33. The number of nitrogens with one attached hydrogen (secondary N) is 1. The van der Waals surface area contributed by atoms with E-state index in [0.29, 0.717) is 23.3 Å². The molecule has 2 aromatic rings. The summed E-state index contributed by atoms with van der Waals surface area (Å²) in [5.74, 6) is -0.0732.